The minimum atomic E-state index is -2.20. The predicted molar refractivity (Wildman–Crippen MR) is 392 cm³/mol. The Hall–Kier alpha value is -8.15. The molecule has 4 bridgehead atoms. The second-order valence-electron chi connectivity index (χ2n) is 27.0. The van der Waals surface area contributed by atoms with Gasteiger partial charge in [0.15, 0.2) is 31.0 Å². The Morgan fingerprint density at radius 1 is 0.368 bits per heavy atom. The number of aromatic nitrogens is 5. The third-order valence-electron chi connectivity index (χ3n) is 20.0. The lowest BCUT2D eigenvalue weighted by Crippen LogP contribution is -2.37. The number of hydrogen-bond acceptors (Lipinski definition) is 0. The largest absolute Gasteiger partial charge is 0.216 e. The first-order valence-corrected chi connectivity index (χ1v) is 33.3. The summed E-state index contributed by atoms with van der Waals surface area (Å²) in [4.78, 5) is 0. The molecule has 0 aliphatic heterocycles. The Bertz CT molecular complexity index is 5820. The zero-order valence-electron chi connectivity index (χ0n) is 84.5. The minimum Gasteiger partial charge on any atom is -0.201 e. The lowest BCUT2D eigenvalue weighted by atomic mass is 9.63. The van der Waals surface area contributed by atoms with Crippen molar-refractivity contribution in [2.24, 2.45) is 47.1 Å². The summed E-state index contributed by atoms with van der Waals surface area (Å²) in [6.45, 7) is -1.30. The van der Waals surface area contributed by atoms with Crippen LogP contribution in [0.1, 0.15) is 213 Å². The molecule has 0 radical (unpaired) electrons. The Morgan fingerprint density at radius 2 is 0.779 bits per heavy atom. The van der Waals surface area contributed by atoms with Crippen LogP contribution < -0.4 is 22.8 Å². The van der Waals surface area contributed by atoms with E-state index in [-0.39, 0.29) is 36.3 Å². The van der Waals surface area contributed by atoms with Gasteiger partial charge in [0, 0.05) is 124 Å². The molecule has 0 amide bonds. The van der Waals surface area contributed by atoms with Crippen LogP contribution in [-0.2, 0) is 86.3 Å². The van der Waals surface area contributed by atoms with Crippen LogP contribution in [0.2, 0.25) is 0 Å². The second-order valence-corrected chi connectivity index (χ2v) is 27.0. The Kier molecular flexibility index (Phi) is 11.5. The summed E-state index contributed by atoms with van der Waals surface area (Å²) in [6, 6.07) is 35.0. The van der Waals surface area contributed by atoms with Crippen LogP contribution in [0, 0.1) is 80.7 Å². The molecule has 0 saturated heterocycles. The number of fused-ring (bicyclic) bond motifs is 3. The number of rotatable bonds is 5. The van der Waals surface area contributed by atoms with Gasteiger partial charge in [0.25, 0.3) is 0 Å². The van der Waals surface area contributed by atoms with Crippen molar-refractivity contribution in [3.63, 3.8) is 0 Å². The van der Waals surface area contributed by atoms with Gasteiger partial charge < -0.3 is 0 Å². The van der Waals surface area contributed by atoms with Crippen molar-refractivity contribution in [1.29, 1.82) is 0 Å². The molecular weight excluding hydrogens is 1150 g/mol. The smallest absolute Gasteiger partial charge is 0.201 e. The van der Waals surface area contributed by atoms with Gasteiger partial charge in [-0.15, -0.1) is 0 Å². The molecule has 9 aliphatic rings. The van der Waals surface area contributed by atoms with Crippen molar-refractivity contribution in [1.82, 2.24) is 0 Å². The Labute approximate surface area is 609 Å². The fourth-order valence-corrected chi connectivity index (χ4v) is 15.0. The Morgan fingerprint density at radius 3 is 1.26 bits per heavy atom. The van der Waals surface area contributed by atoms with E-state index in [9.17, 15) is 0 Å². The van der Waals surface area contributed by atoms with E-state index in [1.165, 1.54) is 42.1 Å². The van der Waals surface area contributed by atoms with E-state index in [1.807, 2.05) is 86.7 Å². The highest BCUT2D eigenvalue weighted by Gasteiger charge is 2.40. The van der Waals surface area contributed by atoms with Gasteiger partial charge in [0.05, 0.1) is 0 Å². The molecule has 9 aliphatic carbocycles. The summed E-state index contributed by atoms with van der Waals surface area (Å²) in [5, 5.41) is 0. The fraction of sp³-hybridized carbons (Fsp3) is 0.389. The highest BCUT2D eigenvalue weighted by molar-refractivity contribution is 5.69. The van der Waals surface area contributed by atoms with Gasteiger partial charge in [-0.05, 0) is 281 Å². The molecule has 95 heavy (non-hydrogen) atoms. The zero-order valence-corrected chi connectivity index (χ0v) is 56.5. The number of benzene rings is 5. The standard InChI is InChI=1S/2C19H22N.C18H22N.2C17H20N/c2*1-12-4-5-17(13(2)6-12)19-10-18-15-7-14(8-15)9-16(18)11-20(19)3;1-13-8-9-16(14(2)12-13)18-17-7-5-4-6-15(17)10-11-19(18)3;1-12-7-8-16(13(2)9-12)17-10-14-5-4-6-15(14)11-18(17)3;1-12-7-8-15(13(2)11-12)17-16-6-4-5-14(16)9-10-18(17)3/h2*4-6,10-11,14-15H,7-9H2,1-3H3;8-12H,4-7H2,1-3H3;2*7-11H,4-6H2,1-3H3/q5*+1/i1D3,9D2,15D;1D3;1D3,6D2,7D2;1D3,5D2;1D3,5D2,6D2. The van der Waals surface area contributed by atoms with Crippen LogP contribution in [-0.4, -0.2) is 0 Å². The average molecular weight is 1290 g/mol. The normalized spacial score (nSPS) is 26.8. The van der Waals surface area contributed by atoms with Gasteiger partial charge in [-0.2, -0.15) is 0 Å². The summed E-state index contributed by atoms with van der Waals surface area (Å²) in [5.74, 6) is 0.879. The number of pyridine rings is 5. The molecule has 5 heteroatoms. The summed E-state index contributed by atoms with van der Waals surface area (Å²) in [5.41, 5.74) is 22.0. The van der Waals surface area contributed by atoms with Crippen molar-refractivity contribution in [3.8, 4) is 56.3 Å². The van der Waals surface area contributed by atoms with Crippen molar-refractivity contribution < 1.29 is 61.2 Å². The van der Waals surface area contributed by atoms with Gasteiger partial charge in [0.2, 0.25) is 28.5 Å². The first-order chi connectivity index (χ1) is 56.5. The van der Waals surface area contributed by atoms with Crippen molar-refractivity contribution in [2.45, 2.75) is 183 Å². The lowest BCUT2D eigenvalue weighted by Gasteiger charge is -2.41. The van der Waals surface area contributed by atoms with Crippen LogP contribution in [0.4, 0.5) is 0 Å². The third kappa shape index (κ3) is 13.7. The molecule has 2 fully saturated rings. The molecule has 0 unspecified atom stereocenters. The molecule has 19 rings (SSSR count). The quantitative estimate of drug-likeness (QED) is 0.153. The molecule has 10 aromatic rings. The fourth-order valence-electron chi connectivity index (χ4n) is 15.0. The molecule has 2 saturated carbocycles. The summed E-state index contributed by atoms with van der Waals surface area (Å²) >= 11 is 0. The van der Waals surface area contributed by atoms with E-state index in [0.717, 1.165) is 96.4 Å². The monoisotopic (exact) mass is 1290 g/mol. The summed E-state index contributed by atoms with van der Waals surface area (Å²) < 4.78 is 231. The molecule has 5 heterocycles. The molecule has 5 aromatic carbocycles. The summed E-state index contributed by atoms with van der Waals surface area (Å²) in [6.07, 6.45) is 6.46. The molecule has 486 valence electrons. The van der Waals surface area contributed by atoms with Crippen molar-refractivity contribution >= 4 is 0 Å². The van der Waals surface area contributed by atoms with Crippen LogP contribution in [0.3, 0.4) is 0 Å². The SMILES string of the molecule is [2H]C([2H])([2H])c1ccc(-c2c3c(cc[n+]2C)C([2H])([2H])CC3([2H])[2H])c(C)c1.[2H]C([2H])([2H])c1ccc(-c2c3c(cc[n+]2C)C([2H])([2H])CCC3([2H])[2H])c(C)c1.[2H]C([2H])([2H])c1ccc(-c2cc3c(c[n+]2C)C([2H])([2H])C2CC3([2H])C2)c(C)c1.[2H]C([2H])([2H])c1ccc(-c2cc3c(c[n+]2C)CC2CC3C2)c(C)c1.[2H]C([2H])([2H])c1ccc(-c2cc3c(c[n+]2C)CCC3([2H])[2H])c(C)c1. The van der Waals surface area contributed by atoms with Crippen molar-refractivity contribution in [2.75, 3.05) is 0 Å². The molecule has 5 aromatic heterocycles. The third-order valence-corrected chi connectivity index (χ3v) is 20.0. The van der Waals surface area contributed by atoms with Gasteiger partial charge >= 0.3 is 0 Å². The van der Waals surface area contributed by atoms with Gasteiger partial charge in [0.1, 0.15) is 35.2 Å². The predicted octanol–water partition coefficient (Wildman–Crippen LogP) is 17.9. The zero-order chi connectivity index (χ0) is 90.7. The van der Waals surface area contributed by atoms with E-state index in [0.29, 0.717) is 80.7 Å². The molecule has 5 nitrogen and oxygen atoms in total. The van der Waals surface area contributed by atoms with Crippen LogP contribution in [0.5, 0.6) is 0 Å². The Balaban J connectivity index is 0.000000132. The maximum absolute atomic E-state index is 8.70. The number of hydrogen-bond donors (Lipinski definition) is 0. The maximum atomic E-state index is 8.70. The van der Waals surface area contributed by atoms with E-state index in [1.54, 1.807) is 128 Å². The highest BCUT2D eigenvalue weighted by Crippen LogP contribution is 2.51. The van der Waals surface area contributed by atoms with Crippen LogP contribution in [0.15, 0.2) is 152 Å². The van der Waals surface area contributed by atoms with Crippen LogP contribution in [0.25, 0.3) is 56.3 Å². The van der Waals surface area contributed by atoms with Crippen molar-refractivity contribution in [3.05, 3.63) is 264 Å². The number of aryl methyl sites for hydroxylation is 19. The topological polar surface area (TPSA) is 19.4 Å². The van der Waals surface area contributed by atoms with E-state index in [4.69, 9.17) is 38.4 Å². The second kappa shape index (κ2) is 27.5. The lowest BCUT2D eigenvalue weighted by molar-refractivity contribution is -0.661. The van der Waals surface area contributed by atoms with Crippen LogP contribution >= 0.6 is 0 Å². The van der Waals surface area contributed by atoms with E-state index < -0.39 is 78.4 Å². The highest BCUT2D eigenvalue weighted by atomic mass is 14.9. The first kappa shape index (κ1) is 39.8. The molecular formula is C90H106N5+5. The first-order valence-electron chi connectivity index (χ1n) is 47.3. The van der Waals surface area contributed by atoms with Gasteiger partial charge in [-0.1, -0.05) is 88.5 Å². The van der Waals surface area contributed by atoms with Gasteiger partial charge in [-0.25, -0.2) is 22.8 Å². The average Bonchev–Trinajstić information content (AvgIpc) is 0.818. The molecule has 0 atom stereocenters. The molecule has 0 N–H and O–H groups in total. The summed E-state index contributed by atoms with van der Waals surface area (Å²) in [7, 11) is 9.50. The van der Waals surface area contributed by atoms with E-state index in [2.05, 4.69) is 23.9 Å². The number of nitrogens with zero attached hydrogens (tertiary/aromatic N) is 5. The van der Waals surface area contributed by atoms with E-state index >= 15 is 0 Å². The maximum Gasteiger partial charge on any atom is 0.216 e. The van der Waals surface area contributed by atoms with Gasteiger partial charge in [-0.3, -0.25) is 0 Å². The molecule has 0 spiro atoms. The minimum absolute atomic E-state index is 0.0707.